The lowest BCUT2D eigenvalue weighted by Gasteiger charge is -2.21. The van der Waals surface area contributed by atoms with Gasteiger partial charge in [0.2, 0.25) is 0 Å². The van der Waals surface area contributed by atoms with Gasteiger partial charge in [0.05, 0.1) is 11.8 Å². The predicted molar refractivity (Wildman–Crippen MR) is 120 cm³/mol. The number of aromatic carboxylic acids is 1. The van der Waals surface area contributed by atoms with Crippen molar-refractivity contribution in [2.75, 3.05) is 5.32 Å². The summed E-state index contributed by atoms with van der Waals surface area (Å²) in [5.74, 6) is -1.75. The van der Waals surface area contributed by atoms with Gasteiger partial charge in [0.25, 0.3) is 11.5 Å². The Bertz CT molecular complexity index is 1240. The average molecular weight is 466 g/mol. The molecule has 2 heterocycles. The lowest BCUT2D eigenvalue weighted by Crippen LogP contribution is -2.36. The Balaban J connectivity index is 1.57. The Morgan fingerprint density at radius 2 is 1.94 bits per heavy atom. The molecule has 1 atom stereocenters. The first kappa shape index (κ1) is 23.1. The van der Waals surface area contributed by atoms with Crippen LogP contribution in [0.25, 0.3) is 0 Å². The molecule has 176 valence electrons. The maximum absolute atomic E-state index is 13.9. The number of para-hydroxylation sites is 1. The Hall–Kier alpha value is -4.08. The van der Waals surface area contributed by atoms with Crippen molar-refractivity contribution in [1.82, 2.24) is 14.8 Å². The summed E-state index contributed by atoms with van der Waals surface area (Å²) in [6, 6.07) is 8.77. The fourth-order valence-corrected chi connectivity index (χ4v) is 4.03. The first-order valence-electron chi connectivity index (χ1n) is 10.9. The van der Waals surface area contributed by atoms with Crippen LogP contribution in [0.1, 0.15) is 48.5 Å². The van der Waals surface area contributed by atoms with Crippen LogP contribution < -0.4 is 15.6 Å². The summed E-state index contributed by atoms with van der Waals surface area (Å²) in [5, 5.41) is 15.8. The van der Waals surface area contributed by atoms with E-state index >= 15 is 0 Å². The topological polar surface area (TPSA) is 123 Å². The number of hydrogen-bond acceptors (Lipinski definition) is 6. The number of rotatable bonds is 8. The number of carbonyl (C=O) groups excluding carboxylic acids is 1. The lowest BCUT2D eigenvalue weighted by molar-refractivity contribution is -0.120. The molecule has 1 amide bonds. The van der Waals surface area contributed by atoms with Crippen LogP contribution in [0.15, 0.2) is 59.7 Å². The number of nitrogens with zero attached hydrogens (tertiary/aromatic N) is 3. The van der Waals surface area contributed by atoms with E-state index in [4.69, 9.17) is 9.84 Å². The fourth-order valence-electron chi connectivity index (χ4n) is 4.03. The van der Waals surface area contributed by atoms with Gasteiger partial charge in [0.15, 0.2) is 17.3 Å². The molecule has 4 rings (SSSR count). The van der Waals surface area contributed by atoms with Gasteiger partial charge in [0.1, 0.15) is 11.9 Å². The number of anilines is 1. The number of amides is 1. The van der Waals surface area contributed by atoms with E-state index in [1.807, 2.05) is 0 Å². The zero-order chi connectivity index (χ0) is 24.1. The van der Waals surface area contributed by atoms with Crippen molar-refractivity contribution in [1.29, 1.82) is 0 Å². The first-order chi connectivity index (χ1) is 16.4. The SMILES string of the molecule is O=C(O)c1ccc(NC(=O)[C@@H](CC2CCCC2)n2ncc(Oc3ccccc3F)cc2=O)nc1. The molecule has 9 nitrogen and oxygen atoms in total. The Morgan fingerprint density at radius 3 is 2.59 bits per heavy atom. The highest BCUT2D eigenvalue weighted by Gasteiger charge is 2.29. The summed E-state index contributed by atoms with van der Waals surface area (Å²) in [7, 11) is 0. The zero-order valence-corrected chi connectivity index (χ0v) is 18.2. The molecular weight excluding hydrogens is 443 g/mol. The molecule has 1 saturated carbocycles. The molecule has 34 heavy (non-hydrogen) atoms. The number of pyridine rings is 1. The highest BCUT2D eigenvalue weighted by atomic mass is 19.1. The van der Waals surface area contributed by atoms with E-state index in [1.54, 1.807) is 6.07 Å². The van der Waals surface area contributed by atoms with Gasteiger partial charge in [-0.3, -0.25) is 9.59 Å². The molecule has 1 aromatic carbocycles. The van der Waals surface area contributed by atoms with Crippen LogP contribution in [0.3, 0.4) is 0 Å². The van der Waals surface area contributed by atoms with Crippen molar-refractivity contribution in [3.63, 3.8) is 0 Å². The van der Waals surface area contributed by atoms with Crippen molar-refractivity contribution in [2.45, 2.75) is 38.1 Å². The molecule has 0 spiro atoms. The van der Waals surface area contributed by atoms with Crippen LogP contribution in [-0.2, 0) is 4.79 Å². The van der Waals surface area contributed by atoms with Gasteiger partial charge in [-0.15, -0.1) is 0 Å². The second kappa shape index (κ2) is 10.2. The molecule has 0 bridgehead atoms. The van der Waals surface area contributed by atoms with E-state index in [0.29, 0.717) is 6.42 Å². The summed E-state index contributed by atoms with van der Waals surface area (Å²) in [6.07, 6.45) is 6.87. The van der Waals surface area contributed by atoms with E-state index < -0.39 is 29.3 Å². The van der Waals surface area contributed by atoms with Crippen LogP contribution in [0, 0.1) is 11.7 Å². The maximum atomic E-state index is 13.9. The number of hydrogen-bond donors (Lipinski definition) is 2. The third-order valence-electron chi connectivity index (χ3n) is 5.76. The predicted octanol–water partition coefficient (Wildman–Crippen LogP) is 4.03. The molecule has 1 aliphatic rings. The highest BCUT2D eigenvalue weighted by molar-refractivity contribution is 5.93. The number of benzene rings is 1. The minimum atomic E-state index is -1.13. The molecule has 2 N–H and O–H groups in total. The number of nitrogens with one attached hydrogen (secondary N) is 1. The third-order valence-corrected chi connectivity index (χ3v) is 5.76. The molecule has 0 saturated heterocycles. The number of carboxylic acid groups (broad SMARTS) is 1. The zero-order valence-electron chi connectivity index (χ0n) is 18.2. The van der Waals surface area contributed by atoms with E-state index in [2.05, 4.69) is 15.4 Å². The van der Waals surface area contributed by atoms with Crippen LogP contribution in [0.5, 0.6) is 11.5 Å². The minimum Gasteiger partial charge on any atom is -0.478 e. The number of ether oxygens (including phenoxy) is 1. The molecule has 0 radical (unpaired) electrons. The smallest absolute Gasteiger partial charge is 0.337 e. The standard InChI is InChI=1S/C24H23FN4O5/c25-18-7-3-4-8-20(18)34-17-12-22(30)29(27-14-17)19(11-15-5-1-2-6-15)23(31)28-21-10-9-16(13-26-21)24(32)33/h3-4,7-10,12-15,19H,1-2,5-6,11H2,(H,32,33)(H,26,28,31)/t19-/m1/s1. The first-order valence-corrected chi connectivity index (χ1v) is 10.9. The summed E-state index contributed by atoms with van der Waals surface area (Å²) >= 11 is 0. The normalized spacial score (nSPS) is 14.5. The second-order valence-corrected chi connectivity index (χ2v) is 8.14. The number of carbonyl (C=O) groups is 2. The largest absolute Gasteiger partial charge is 0.478 e. The maximum Gasteiger partial charge on any atom is 0.337 e. The fraction of sp³-hybridized carbons (Fsp3) is 0.292. The van der Waals surface area contributed by atoms with Gasteiger partial charge in [-0.05, 0) is 36.6 Å². The minimum absolute atomic E-state index is 0.0103. The molecule has 3 aromatic rings. The lowest BCUT2D eigenvalue weighted by atomic mass is 9.98. The van der Waals surface area contributed by atoms with Crippen molar-refractivity contribution in [3.05, 3.63) is 76.6 Å². The van der Waals surface area contributed by atoms with Gasteiger partial charge < -0.3 is 15.2 Å². The summed E-state index contributed by atoms with van der Waals surface area (Å²) in [4.78, 5) is 41.0. The molecular formula is C24H23FN4O5. The van der Waals surface area contributed by atoms with Crippen molar-refractivity contribution < 1.29 is 23.8 Å². The van der Waals surface area contributed by atoms with Crippen molar-refractivity contribution >= 4 is 17.7 Å². The monoisotopic (exact) mass is 466 g/mol. The van der Waals surface area contributed by atoms with E-state index in [9.17, 15) is 18.8 Å². The quantitative estimate of drug-likeness (QED) is 0.514. The Morgan fingerprint density at radius 1 is 1.18 bits per heavy atom. The Labute approximate surface area is 194 Å². The van der Waals surface area contributed by atoms with Crippen LogP contribution in [0.4, 0.5) is 10.2 Å². The average Bonchev–Trinajstić information content (AvgIpc) is 3.33. The van der Waals surface area contributed by atoms with Gasteiger partial charge in [0, 0.05) is 12.3 Å². The van der Waals surface area contributed by atoms with Gasteiger partial charge in [-0.25, -0.2) is 18.9 Å². The molecule has 2 aromatic heterocycles. The van der Waals surface area contributed by atoms with Crippen LogP contribution in [0.2, 0.25) is 0 Å². The van der Waals surface area contributed by atoms with Crippen LogP contribution in [-0.4, -0.2) is 31.7 Å². The van der Waals surface area contributed by atoms with E-state index in [1.165, 1.54) is 36.5 Å². The van der Waals surface area contributed by atoms with Gasteiger partial charge in [-0.1, -0.05) is 37.8 Å². The molecule has 1 fully saturated rings. The second-order valence-electron chi connectivity index (χ2n) is 8.14. The molecule has 1 aliphatic carbocycles. The molecule has 0 unspecified atom stereocenters. The molecule has 0 aliphatic heterocycles. The molecule has 10 heteroatoms. The summed E-state index contributed by atoms with van der Waals surface area (Å²) in [6.45, 7) is 0. The third kappa shape index (κ3) is 5.45. The van der Waals surface area contributed by atoms with Gasteiger partial charge in [-0.2, -0.15) is 5.10 Å². The summed E-state index contributed by atoms with van der Waals surface area (Å²) in [5.41, 5.74) is -0.579. The summed E-state index contributed by atoms with van der Waals surface area (Å²) < 4.78 is 20.4. The van der Waals surface area contributed by atoms with E-state index in [0.717, 1.165) is 42.6 Å². The van der Waals surface area contributed by atoms with Crippen molar-refractivity contribution in [2.24, 2.45) is 5.92 Å². The van der Waals surface area contributed by atoms with Gasteiger partial charge >= 0.3 is 5.97 Å². The number of aromatic nitrogens is 3. The highest BCUT2D eigenvalue weighted by Crippen LogP contribution is 2.32. The Kier molecular flexibility index (Phi) is 6.95. The van der Waals surface area contributed by atoms with Crippen LogP contribution >= 0.6 is 0 Å². The van der Waals surface area contributed by atoms with Crippen molar-refractivity contribution in [3.8, 4) is 11.5 Å². The number of halogens is 1. The van der Waals surface area contributed by atoms with E-state index in [-0.39, 0.29) is 28.8 Å². The number of carboxylic acids is 1.